The fourth-order valence-corrected chi connectivity index (χ4v) is 4.47. The van der Waals surface area contributed by atoms with Crippen molar-refractivity contribution < 1.29 is 39.1 Å². The van der Waals surface area contributed by atoms with Crippen LogP contribution in [0.4, 0.5) is 11.4 Å². The number of aliphatic hydroxyl groups is 3. The number of hydrogen-bond acceptors (Lipinski definition) is 10. The molecule has 0 saturated carbocycles. The first-order valence-corrected chi connectivity index (χ1v) is 12.2. The first-order valence-electron chi connectivity index (χ1n) is 11.4. The molecular weight excluding hydrogens is 541 g/mol. The van der Waals surface area contributed by atoms with Crippen molar-refractivity contribution in [3.05, 3.63) is 58.2 Å². The molecule has 5 N–H and O–H groups in total. The van der Waals surface area contributed by atoms with Crippen molar-refractivity contribution in [3.8, 4) is 5.75 Å². The Morgan fingerprint density at radius 2 is 1.92 bits per heavy atom. The summed E-state index contributed by atoms with van der Waals surface area (Å²) in [5.74, 6) is -0.846. The van der Waals surface area contributed by atoms with E-state index in [1.54, 1.807) is 36.4 Å². The number of aliphatic hydroxyl groups excluding tert-OH is 3. The number of amides is 1. The van der Waals surface area contributed by atoms with Crippen LogP contribution in [0.2, 0.25) is 10.0 Å². The zero-order valence-electron chi connectivity index (χ0n) is 20.2. The van der Waals surface area contributed by atoms with E-state index in [0.29, 0.717) is 27.3 Å². The van der Waals surface area contributed by atoms with Gasteiger partial charge in [0, 0.05) is 30.3 Å². The van der Waals surface area contributed by atoms with Crippen molar-refractivity contribution in [2.45, 2.75) is 37.6 Å². The molecule has 1 aliphatic rings. The number of halogens is 2. The highest BCUT2D eigenvalue weighted by atomic mass is 35.5. The van der Waals surface area contributed by atoms with E-state index < -0.39 is 49.1 Å². The Bertz CT molecular complexity index is 1360. The van der Waals surface area contributed by atoms with Gasteiger partial charge in [-0.15, -0.1) is 0 Å². The van der Waals surface area contributed by atoms with Crippen LogP contribution in [0.15, 0.2) is 42.6 Å². The minimum Gasteiger partial charge on any atom is -0.465 e. The lowest BCUT2D eigenvalue weighted by atomic mass is 9.97. The summed E-state index contributed by atoms with van der Waals surface area (Å²) in [7, 11) is 1.25. The molecule has 2 heterocycles. The summed E-state index contributed by atoms with van der Waals surface area (Å²) in [5, 5.41) is 37.0. The number of rotatable bonds is 7. The normalized spacial score (nSPS) is 23.1. The molecule has 1 aromatic heterocycles. The Kier molecular flexibility index (Phi) is 8.56. The Morgan fingerprint density at radius 1 is 1.16 bits per heavy atom. The maximum atomic E-state index is 12.5. The molecule has 13 heteroatoms. The molecule has 1 saturated heterocycles. The van der Waals surface area contributed by atoms with Gasteiger partial charge in [-0.3, -0.25) is 9.78 Å². The first-order chi connectivity index (χ1) is 18.1. The van der Waals surface area contributed by atoms with Gasteiger partial charge in [-0.1, -0.05) is 29.3 Å². The van der Waals surface area contributed by atoms with Crippen LogP contribution in [-0.2, 0) is 14.3 Å². The van der Waals surface area contributed by atoms with Crippen LogP contribution in [0.1, 0.15) is 17.3 Å². The predicted octanol–water partition coefficient (Wildman–Crippen LogP) is 2.39. The Balaban J connectivity index is 1.68. The van der Waals surface area contributed by atoms with E-state index in [1.807, 2.05) is 0 Å². The molecule has 3 aromatic rings. The van der Waals surface area contributed by atoms with Gasteiger partial charge in [0.2, 0.25) is 12.2 Å². The number of pyridine rings is 1. The quantitative estimate of drug-likeness (QED) is 0.269. The summed E-state index contributed by atoms with van der Waals surface area (Å²) in [6.07, 6.45) is -3.95. The molecule has 1 fully saturated rings. The van der Waals surface area contributed by atoms with E-state index in [4.69, 9.17) is 37.4 Å². The topological polar surface area (TPSA) is 159 Å². The Hall–Kier alpha value is -3.19. The standard InChI is InChI=1S/C25H25Cl2N3O8/c1-11(32)29-21-23(34)22(33)17(10-31)38-25(21)37-13-5-3-4-12(8-13)30-19-14-6-7-16(26)18(27)20(14)28-9-15(19)24(35)36-2/h3-9,17,21-23,25,31,33-34H,10H2,1-2H3,(H,28,30)(H,29,32)/t17-,21-,22+,23-,25+/m0/s1. The summed E-state index contributed by atoms with van der Waals surface area (Å²) in [4.78, 5) is 28.5. The largest absolute Gasteiger partial charge is 0.465 e. The molecule has 1 amide bonds. The van der Waals surface area contributed by atoms with Gasteiger partial charge in [0.1, 0.15) is 35.7 Å². The van der Waals surface area contributed by atoms with Gasteiger partial charge < -0.3 is 40.2 Å². The number of anilines is 2. The van der Waals surface area contributed by atoms with Crippen LogP contribution < -0.4 is 15.4 Å². The van der Waals surface area contributed by atoms with Gasteiger partial charge in [-0.05, 0) is 24.3 Å². The average molecular weight is 566 g/mol. The maximum Gasteiger partial charge on any atom is 0.341 e. The molecule has 2 aromatic carbocycles. The zero-order valence-corrected chi connectivity index (χ0v) is 21.7. The van der Waals surface area contributed by atoms with Crippen LogP contribution in [0.3, 0.4) is 0 Å². The minimum atomic E-state index is -1.46. The van der Waals surface area contributed by atoms with Gasteiger partial charge >= 0.3 is 5.97 Å². The summed E-state index contributed by atoms with van der Waals surface area (Å²) in [5.41, 5.74) is 1.37. The second-order valence-electron chi connectivity index (χ2n) is 8.50. The second kappa shape index (κ2) is 11.7. The van der Waals surface area contributed by atoms with Crippen LogP contribution in [0.5, 0.6) is 5.75 Å². The van der Waals surface area contributed by atoms with Gasteiger partial charge in [0.05, 0.1) is 35.0 Å². The van der Waals surface area contributed by atoms with Crippen molar-refractivity contribution in [1.29, 1.82) is 0 Å². The van der Waals surface area contributed by atoms with Crippen molar-refractivity contribution in [1.82, 2.24) is 10.3 Å². The number of fused-ring (bicyclic) bond motifs is 1. The number of methoxy groups -OCH3 is 1. The van der Waals surface area contributed by atoms with Gasteiger partial charge in [0.15, 0.2) is 0 Å². The van der Waals surface area contributed by atoms with Crippen LogP contribution in [0, 0.1) is 0 Å². The molecule has 38 heavy (non-hydrogen) atoms. The fraction of sp³-hybridized carbons (Fsp3) is 0.320. The van der Waals surface area contributed by atoms with E-state index in [2.05, 4.69) is 15.6 Å². The van der Waals surface area contributed by atoms with Crippen molar-refractivity contribution in [2.75, 3.05) is 19.0 Å². The number of carbonyl (C=O) groups excluding carboxylic acids is 2. The number of benzene rings is 2. The van der Waals surface area contributed by atoms with E-state index in [0.717, 1.165) is 0 Å². The zero-order chi connectivity index (χ0) is 27.6. The van der Waals surface area contributed by atoms with Gasteiger partial charge in [-0.2, -0.15) is 0 Å². The van der Waals surface area contributed by atoms with E-state index >= 15 is 0 Å². The maximum absolute atomic E-state index is 12.5. The number of hydrogen-bond donors (Lipinski definition) is 5. The molecule has 202 valence electrons. The SMILES string of the molecule is COC(=O)c1cnc2c(Cl)c(Cl)ccc2c1Nc1cccc(O[C@@H]2O[C@@H](CO)[C@@H](O)[C@@H](O)[C@@H]2NC(C)=O)c1. The highest BCUT2D eigenvalue weighted by Gasteiger charge is 2.46. The molecule has 0 radical (unpaired) electrons. The lowest BCUT2D eigenvalue weighted by Gasteiger charge is -2.42. The summed E-state index contributed by atoms with van der Waals surface area (Å²) >= 11 is 12.5. The van der Waals surface area contributed by atoms with Crippen molar-refractivity contribution in [3.63, 3.8) is 0 Å². The lowest BCUT2D eigenvalue weighted by Crippen LogP contribution is -2.65. The fourth-order valence-electron chi connectivity index (χ4n) is 4.10. The highest BCUT2D eigenvalue weighted by molar-refractivity contribution is 6.45. The van der Waals surface area contributed by atoms with Crippen LogP contribution in [-0.4, -0.2) is 76.5 Å². The molecule has 0 spiro atoms. The van der Waals surface area contributed by atoms with Gasteiger partial charge in [0.25, 0.3) is 0 Å². The number of carbonyl (C=O) groups is 2. The summed E-state index contributed by atoms with van der Waals surface area (Å²) < 4.78 is 16.5. The molecule has 1 aliphatic heterocycles. The Labute approximate surface area is 227 Å². The summed E-state index contributed by atoms with van der Waals surface area (Å²) in [6, 6.07) is 8.69. The first kappa shape index (κ1) is 27.8. The van der Waals surface area contributed by atoms with E-state index in [-0.39, 0.29) is 16.3 Å². The number of nitrogens with one attached hydrogen (secondary N) is 2. The number of nitrogens with zero attached hydrogens (tertiary/aromatic N) is 1. The molecule has 5 atom stereocenters. The minimum absolute atomic E-state index is 0.147. The van der Waals surface area contributed by atoms with Crippen molar-refractivity contribution >= 4 is 57.4 Å². The third-order valence-corrected chi connectivity index (χ3v) is 6.74. The van der Waals surface area contributed by atoms with E-state index in [9.17, 15) is 24.9 Å². The monoisotopic (exact) mass is 565 g/mol. The third kappa shape index (κ3) is 5.63. The molecule has 4 rings (SSSR count). The Morgan fingerprint density at radius 3 is 2.61 bits per heavy atom. The number of aromatic nitrogens is 1. The molecular formula is C25H25Cl2N3O8. The van der Waals surface area contributed by atoms with Gasteiger partial charge in [-0.25, -0.2) is 4.79 Å². The average Bonchev–Trinajstić information content (AvgIpc) is 2.90. The lowest BCUT2D eigenvalue weighted by molar-refractivity contribution is -0.244. The molecule has 0 aliphatic carbocycles. The van der Waals surface area contributed by atoms with Crippen LogP contribution in [0.25, 0.3) is 10.9 Å². The number of esters is 1. The highest BCUT2D eigenvalue weighted by Crippen LogP contribution is 2.37. The van der Waals surface area contributed by atoms with Crippen molar-refractivity contribution in [2.24, 2.45) is 0 Å². The molecule has 0 bridgehead atoms. The smallest absolute Gasteiger partial charge is 0.341 e. The van der Waals surface area contributed by atoms with Crippen LogP contribution >= 0.6 is 23.2 Å². The predicted molar refractivity (Wildman–Crippen MR) is 139 cm³/mol. The third-order valence-electron chi connectivity index (χ3n) is 5.94. The summed E-state index contributed by atoms with van der Waals surface area (Å²) in [6.45, 7) is 0.667. The second-order valence-corrected chi connectivity index (χ2v) is 9.28. The number of ether oxygens (including phenoxy) is 3. The molecule has 11 nitrogen and oxygen atoms in total. The molecule has 0 unspecified atom stereocenters. The van der Waals surface area contributed by atoms with E-state index in [1.165, 1.54) is 20.2 Å².